The first kappa shape index (κ1) is 19.8. The molecule has 2 heterocycles. The van der Waals surface area contributed by atoms with Gasteiger partial charge in [-0.25, -0.2) is 4.98 Å². The highest BCUT2D eigenvalue weighted by Gasteiger charge is 2.31. The summed E-state index contributed by atoms with van der Waals surface area (Å²) in [5.41, 5.74) is -0.294. The number of carbonyl (C=O) groups excluding carboxylic acids is 1. The number of benzene rings is 1. The zero-order valence-corrected chi connectivity index (χ0v) is 15.5. The van der Waals surface area contributed by atoms with E-state index >= 15 is 0 Å². The topological polar surface area (TPSA) is 54.9 Å². The van der Waals surface area contributed by atoms with E-state index in [9.17, 15) is 18.0 Å². The first-order valence-electron chi connectivity index (χ1n) is 8.63. The maximum absolute atomic E-state index is 12.7. The number of rotatable bonds is 4. The minimum absolute atomic E-state index is 0.138. The quantitative estimate of drug-likeness (QED) is 0.797. The van der Waals surface area contributed by atoms with Gasteiger partial charge in [0.25, 0.3) is 5.91 Å². The zero-order valence-electron chi connectivity index (χ0n) is 15.5. The molecule has 1 saturated heterocycles. The van der Waals surface area contributed by atoms with Crippen LogP contribution < -0.4 is 14.4 Å². The van der Waals surface area contributed by atoms with E-state index in [1.807, 2.05) is 4.90 Å². The van der Waals surface area contributed by atoms with Crippen molar-refractivity contribution in [2.45, 2.75) is 6.18 Å². The second-order valence-electron chi connectivity index (χ2n) is 6.25. The molecule has 150 valence electrons. The van der Waals surface area contributed by atoms with Crippen LogP contribution in [0.15, 0.2) is 36.5 Å². The van der Waals surface area contributed by atoms with Gasteiger partial charge in [0.05, 0.1) is 19.8 Å². The Morgan fingerprint density at radius 3 is 2.21 bits per heavy atom. The number of alkyl halides is 3. The first-order chi connectivity index (χ1) is 13.3. The standard InChI is InChI=1S/C19H20F3N3O3/c1-27-15-5-3-13(11-16(15)28-2)18(26)25-9-7-24(8-10-25)17-6-4-14(12-23-17)19(20,21)22/h3-6,11-12H,7-10H2,1-2H3. The lowest BCUT2D eigenvalue weighted by atomic mass is 10.1. The second kappa shape index (κ2) is 7.95. The number of hydrogen-bond donors (Lipinski definition) is 0. The summed E-state index contributed by atoms with van der Waals surface area (Å²) in [4.78, 5) is 20.2. The number of pyridine rings is 1. The van der Waals surface area contributed by atoms with Crippen LogP contribution in [0.25, 0.3) is 0 Å². The third-order valence-corrected chi connectivity index (χ3v) is 4.60. The summed E-state index contributed by atoms with van der Waals surface area (Å²) in [6.45, 7) is 1.85. The van der Waals surface area contributed by atoms with E-state index < -0.39 is 11.7 Å². The number of hydrogen-bond acceptors (Lipinski definition) is 5. The Hall–Kier alpha value is -2.97. The number of amides is 1. The predicted molar refractivity (Wildman–Crippen MR) is 96.9 cm³/mol. The van der Waals surface area contributed by atoms with Crippen molar-refractivity contribution in [3.8, 4) is 11.5 Å². The van der Waals surface area contributed by atoms with E-state index in [0.29, 0.717) is 49.1 Å². The van der Waals surface area contributed by atoms with E-state index in [4.69, 9.17) is 9.47 Å². The Morgan fingerprint density at radius 1 is 1.00 bits per heavy atom. The van der Waals surface area contributed by atoms with Gasteiger partial charge in [0.15, 0.2) is 11.5 Å². The molecule has 1 aromatic heterocycles. The SMILES string of the molecule is COc1ccc(C(=O)N2CCN(c3ccc(C(F)(F)F)cn3)CC2)cc1OC. The molecule has 2 aromatic rings. The molecule has 6 nitrogen and oxygen atoms in total. The van der Waals surface area contributed by atoms with Crippen molar-refractivity contribution in [1.82, 2.24) is 9.88 Å². The van der Waals surface area contributed by atoms with Gasteiger partial charge in [-0.3, -0.25) is 4.79 Å². The lowest BCUT2D eigenvalue weighted by molar-refractivity contribution is -0.137. The van der Waals surface area contributed by atoms with E-state index in [1.54, 1.807) is 23.1 Å². The molecule has 1 aliphatic rings. The van der Waals surface area contributed by atoms with Crippen molar-refractivity contribution in [1.29, 1.82) is 0 Å². The van der Waals surface area contributed by atoms with Crippen LogP contribution in [-0.2, 0) is 6.18 Å². The molecule has 0 atom stereocenters. The average molecular weight is 395 g/mol. The van der Waals surface area contributed by atoms with Gasteiger partial charge < -0.3 is 19.3 Å². The van der Waals surface area contributed by atoms with Crippen LogP contribution in [0.1, 0.15) is 15.9 Å². The van der Waals surface area contributed by atoms with Crippen molar-refractivity contribution in [3.63, 3.8) is 0 Å². The molecular weight excluding hydrogens is 375 g/mol. The molecule has 3 rings (SSSR count). The third-order valence-electron chi connectivity index (χ3n) is 4.60. The molecule has 1 aliphatic heterocycles. The van der Waals surface area contributed by atoms with Gasteiger partial charge >= 0.3 is 6.18 Å². The molecule has 0 saturated carbocycles. The van der Waals surface area contributed by atoms with Gasteiger partial charge in [-0.2, -0.15) is 13.2 Å². The van der Waals surface area contributed by atoms with Crippen LogP contribution in [0.4, 0.5) is 19.0 Å². The number of carbonyl (C=O) groups is 1. The molecule has 0 spiro atoms. The summed E-state index contributed by atoms with van der Waals surface area (Å²) in [7, 11) is 3.02. The van der Waals surface area contributed by atoms with Crippen LogP contribution in [0.5, 0.6) is 11.5 Å². The Kier molecular flexibility index (Phi) is 5.62. The summed E-state index contributed by atoms with van der Waals surface area (Å²) in [6, 6.07) is 7.35. The number of anilines is 1. The van der Waals surface area contributed by atoms with E-state index in [-0.39, 0.29) is 5.91 Å². The minimum Gasteiger partial charge on any atom is -0.493 e. The van der Waals surface area contributed by atoms with Gasteiger partial charge in [0, 0.05) is 37.9 Å². The average Bonchev–Trinajstić information content (AvgIpc) is 2.72. The third kappa shape index (κ3) is 4.13. The Balaban J connectivity index is 1.64. The summed E-state index contributed by atoms with van der Waals surface area (Å²) >= 11 is 0. The minimum atomic E-state index is -4.41. The Bertz CT molecular complexity index is 833. The van der Waals surface area contributed by atoms with Crippen LogP contribution in [0, 0.1) is 0 Å². The van der Waals surface area contributed by atoms with Crippen molar-refractivity contribution >= 4 is 11.7 Å². The molecule has 0 bridgehead atoms. The molecule has 0 N–H and O–H groups in total. The Labute approximate surface area is 160 Å². The van der Waals surface area contributed by atoms with Gasteiger partial charge in [0.2, 0.25) is 0 Å². The van der Waals surface area contributed by atoms with E-state index in [2.05, 4.69) is 4.98 Å². The lowest BCUT2D eigenvalue weighted by Crippen LogP contribution is -2.49. The van der Waals surface area contributed by atoms with Gasteiger partial charge in [-0.15, -0.1) is 0 Å². The highest BCUT2D eigenvalue weighted by Crippen LogP contribution is 2.30. The van der Waals surface area contributed by atoms with E-state index in [1.165, 1.54) is 20.3 Å². The molecule has 0 unspecified atom stereocenters. The zero-order chi connectivity index (χ0) is 20.3. The van der Waals surface area contributed by atoms with Crippen LogP contribution in [-0.4, -0.2) is 56.2 Å². The smallest absolute Gasteiger partial charge is 0.417 e. The molecule has 1 fully saturated rings. The number of halogens is 3. The molecule has 9 heteroatoms. The maximum atomic E-state index is 12.7. The number of methoxy groups -OCH3 is 2. The molecule has 0 radical (unpaired) electrons. The summed E-state index contributed by atoms with van der Waals surface area (Å²) < 4.78 is 48.4. The number of ether oxygens (including phenoxy) is 2. The monoisotopic (exact) mass is 395 g/mol. The van der Waals surface area contributed by atoms with Crippen LogP contribution in [0.2, 0.25) is 0 Å². The molecular formula is C19H20F3N3O3. The fourth-order valence-electron chi connectivity index (χ4n) is 3.03. The van der Waals surface area contributed by atoms with Crippen molar-refractivity contribution in [3.05, 3.63) is 47.7 Å². The summed E-state index contributed by atoms with van der Waals surface area (Å²) in [6.07, 6.45) is -3.58. The lowest BCUT2D eigenvalue weighted by Gasteiger charge is -2.35. The number of aromatic nitrogens is 1. The van der Waals surface area contributed by atoms with Crippen molar-refractivity contribution < 1.29 is 27.4 Å². The first-order valence-corrected chi connectivity index (χ1v) is 8.63. The molecule has 1 amide bonds. The van der Waals surface area contributed by atoms with Gasteiger partial charge in [0.1, 0.15) is 5.82 Å². The molecule has 28 heavy (non-hydrogen) atoms. The van der Waals surface area contributed by atoms with Gasteiger partial charge in [-0.05, 0) is 30.3 Å². The van der Waals surface area contributed by atoms with Crippen molar-refractivity contribution in [2.75, 3.05) is 45.3 Å². The van der Waals surface area contributed by atoms with Gasteiger partial charge in [-0.1, -0.05) is 0 Å². The Morgan fingerprint density at radius 2 is 1.68 bits per heavy atom. The van der Waals surface area contributed by atoms with Crippen LogP contribution in [0.3, 0.4) is 0 Å². The largest absolute Gasteiger partial charge is 0.493 e. The highest BCUT2D eigenvalue weighted by molar-refractivity contribution is 5.95. The fraction of sp³-hybridized carbons (Fsp3) is 0.368. The predicted octanol–water partition coefficient (Wildman–Crippen LogP) is 3.08. The number of nitrogens with zero attached hydrogens (tertiary/aromatic N) is 3. The molecule has 0 aliphatic carbocycles. The van der Waals surface area contributed by atoms with E-state index in [0.717, 1.165) is 12.3 Å². The summed E-state index contributed by atoms with van der Waals surface area (Å²) in [5, 5.41) is 0. The van der Waals surface area contributed by atoms with Crippen LogP contribution >= 0.6 is 0 Å². The second-order valence-corrected chi connectivity index (χ2v) is 6.25. The fourth-order valence-corrected chi connectivity index (χ4v) is 3.03. The van der Waals surface area contributed by atoms with Crippen molar-refractivity contribution in [2.24, 2.45) is 0 Å². The molecule has 1 aromatic carbocycles. The highest BCUT2D eigenvalue weighted by atomic mass is 19.4. The summed E-state index contributed by atoms with van der Waals surface area (Å²) in [5.74, 6) is 1.34. The maximum Gasteiger partial charge on any atom is 0.417 e. The normalized spacial score (nSPS) is 14.8. The number of piperazine rings is 1.